The predicted molar refractivity (Wildman–Crippen MR) is 132 cm³/mol. The fourth-order valence-corrected chi connectivity index (χ4v) is 4.55. The fraction of sp³-hybridized carbons (Fsp3) is 0.130. The van der Waals surface area contributed by atoms with Crippen LogP contribution in [0.3, 0.4) is 0 Å². The van der Waals surface area contributed by atoms with Crippen molar-refractivity contribution in [2.75, 3.05) is 5.75 Å². The second-order valence-corrected chi connectivity index (χ2v) is 9.71. The van der Waals surface area contributed by atoms with E-state index in [2.05, 4.69) is 20.7 Å². The first-order valence-electron chi connectivity index (χ1n) is 9.79. The summed E-state index contributed by atoms with van der Waals surface area (Å²) in [5, 5.41) is 14.0. The van der Waals surface area contributed by atoms with Crippen LogP contribution in [0.2, 0.25) is 5.02 Å². The van der Waals surface area contributed by atoms with Crippen LogP contribution >= 0.6 is 34.7 Å². The molecular formula is C23H20ClN5OS2. The molecule has 0 aliphatic carbocycles. The van der Waals surface area contributed by atoms with Gasteiger partial charge in [0, 0.05) is 26.0 Å². The summed E-state index contributed by atoms with van der Waals surface area (Å²) in [6.45, 7) is 4.06. The third-order valence-corrected chi connectivity index (χ3v) is 6.62. The maximum atomic E-state index is 12.3. The van der Waals surface area contributed by atoms with E-state index in [-0.39, 0.29) is 11.7 Å². The number of hydrogen-bond donors (Lipinski definition) is 1. The Morgan fingerprint density at radius 1 is 1.09 bits per heavy atom. The summed E-state index contributed by atoms with van der Waals surface area (Å²) < 4.78 is 1.94. The van der Waals surface area contributed by atoms with E-state index in [0.717, 1.165) is 21.7 Å². The number of thiophene rings is 1. The lowest BCUT2D eigenvalue weighted by Crippen LogP contribution is -2.19. The molecule has 0 unspecified atom stereocenters. The Kier molecular flexibility index (Phi) is 7.04. The van der Waals surface area contributed by atoms with Crippen molar-refractivity contribution < 1.29 is 4.79 Å². The topological polar surface area (TPSA) is 72.2 Å². The zero-order valence-corrected chi connectivity index (χ0v) is 19.8. The molecule has 6 nitrogen and oxygen atoms in total. The number of aromatic nitrogens is 3. The van der Waals surface area contributed by atoms with Gasteiger partial charge in [-0.05, 0) is 62.4 Å². The molecule has 0 aliphatic rings. The van der Waals surface area contributed by atoms with Crippen LogP contribution in [0, 0.1) is 13.8 Å². The fourth-order valence-electron chi connectivity index (χ4n) is 2.93. The molecule has 2 heterocycles. The van der Waals surface area contributed by atoms with Gasteiger partial charge >= 0.3 is 0 Å². The molecule has 2 aromatic carbocycles. The monoisotopic (exact) mass is 481 g/mol. The van der Waals surface area contributed by atoms with Crippen molar-refractivity contribution in [1.29, 1.82) is 0 Å². The Hall–Kier alpha value is -2.94. The van der Waals surface area contributed by atoms with Crippen LogP contribution in [0.4, 0.5) is 0 Å². The van der Waals surface area contributed by atoms with Gasteiger partial charge in [-0.15, -0.1) is 21.5 Å². The Labute approximate surface area is 199 Å². The van der Waals surface area contributed by atoms with Crippen molar-refractivity contribution in [2.24, 2.45) is 5.10 Å². The summed E-state index contributed by atoms with van der Waals surface area (Å²) in [5.74, 6) is 0.622. The van der Waals surface area contributed by atoms with Crippen LogP contribution in [0.5, 0.6) is 0 Å². The highest BCUT2D eigenvalue weighted by molar-refractivity contribution is 7.99. The van der Waals surface area contributed by atoms with Crippen molar-refractivity contribution in [1.82, 2.24) is 20.2 Å². The minimum absolute atomic E-state index is 0.158. The Balaban J connectivity index is 1.52. The molecule has 0 aliphatic heterocycles. The molecular weight excluding hydrogens is 462 g/mol. The number of hydrogen-bond acceptors (Lipinski definition) is 6. The first-order valence-corrected chi connectivity index (χ1v) is 12.0. The molecule has 0 saturated carbocycles. The molecule has 0 bridgehead atoms. The van der Waals surface area contributed by atoms with Crippen molar-refractivity contribution >= 4 is 46.8 Å². The number of nitrogens with one attached hydrogen (secondary N) is 1. The first-order chi connectivity index (χ1) is 15.5. The maximum absolute atomic E-state index is 12.3. The zero-order chi connectivity index (χ0) is 22.5. The summed E-state index contributed by atoms with van der Waals surface area (Å²) in [7, 11) is 0. The SMILES string of the molecule is Cc1ccc(-n2c(SCC(=O)NN=Cc3ccc(C)s3)nnc2-c2ccc(Cl)cc2)cc1. The van der Waals surface area contributed by atoms with E-state index in [1.165, 1.54) is 16.6 Å². The molecule has 0 saturated heterocycles. The summed E-state index contributed by atoms with van der Waals surface area (Å²) in [6, 6.07) is 19.5. The summed E-state index contributed by atoms with van der Waals surface area (Å²) >= 11 is 8.96. The van der Waals surface area contributed by atoms with Crippen molar-refractivity contribution in [2.45, 2.75) is 19.0 Å². The normalized spacial score (nSPS) is 11.2. The van der Waals surface area contributed by atoms with Gasteiger partial charge < -0.3 is 0 Å². The van der Waals surface area contributed by atoms with Crippen molar-refractivity contribution in [3.8, 4) is 17.1 Å². The third-order valence-electron chi connectivity index (χ3n) is 4.50. The summed E-state index contributed by atoms with van der Waals surface area (Å²) in [6.07, 6.45) is 1.65. The Morgan fingerprint density at radius 3 is 2.53 bits per heavy atom. The van der Waals surface area contributed by atoms with Gasteiger partial charge in [0.25, 0.3) is 5.91 Å². The number of halogens is 1. The van der Waals surface area contributed by atoms with E-state index < -0.39 is 0 Å². The zero-order valence-electron chi connectivity index (χ0n) is 17.4. The number of carbonyl (C=O) groups excluding carboxylic acids is 1. The van der Waals surface area contributed by atoms with Crippen LogP contribution in [0.1, 0.15) is 15.3 Å². The van der Waals surface area contributed by atoms with Crippen LogP contribution in [0.15, 0.2) is 70.9 Å². The number of aryl methyl sites for hydroxylation is 2. The number of carbonyl (C=O) groups is 1. The van der Waals surface area contributed by atoms with Gasteiger partial charge in [-0.3, -0.25) is 9.36 Å². The quantitative estimate of drug-likeness (QED) is 0.214. The Bertz CT molecular complexity index is 1250. The highest BCUT2D eigenvalue weighted by Gasteiger charge is 2.17. The molecule has 1 amide bonds. The molecule has 162 valence electrons. The lowest BCUT2D eigenvalue weighted by molar-refractivity contribution is -0.118. The molecule has 32 heavy (non-hydrogen) atoms. The minimum Gasteiger partial charge on any atom is -0.272 e. The lowest BCUT2D eigenvalue weighted by Gasteiger charge is -2.10. The van der Waals surface area contributed by atoms with Crippen LogP contribution in [-0.4, -0.2) is 32.6 Å². The second kappa shape index (κ2) is 10.1. The van der Waals surface area contributed by atoms with Gasteiger partial charge in [-0.2, -0.15) is 5.10 Å². The maximum Gasteiger partial charge on any atom is 0.250 e. The smallest absolute Gasteiger partial charge is 0.250 e. The second-order valence-electron chi connectivity index (χ2n) is 7.01. The van der Waals surface area contributed by atoms with E-state index in [9.17, 15) is 4.79 Å². The molecule has 0 radical (unpaired) electrons. The highest BCUT2D eigenvalue weighted by Crippen LogP contribution is 2.28. The molecule has 0 spiro atoms. The molecule has 4 rings (SSSR count). The van der Waals surface area contributed by atoms with Crippen LogP contribution < -0.4 is 5.43 Å². The minimum atomic E-state index is -0.217. The summed E-state index contributed by atoms with van der Waals surface area (Å²) in [5.41, 5.74) is 5.52. The molecule has 4 aromatic rings. The van der Waals surface area contributed by atoms with Gasteiger partial charge in [0.05, 0.1) is 12.0 Å². The standard InChI is InChI=1S/C23H20ClN5OS2/c1-15-3-10-19(11-4-15)29-22(17-6-8-18(24)9-7-17)27-28-23(29)31-14-21(30)26-25-13-20-12-5-16(2)32-20/h3-13H,14H2,1-2H3,(H,26,30). The number of rotatable bonds is 7. The van der Waals surface area contributed by atoms with Gasteiger partial charge in [0.15, 0.2) is 11.0 Å². The highest BCUT2D eigenvalue weighted by atomic mass is 35.5. The van der Waals surface area contributed by atoms with E-state index >= 15 is 0 Å². The van der Waals surface area contributed by atoms with Gasteiger partial charge in [-0.25, -0.2) is 5.43 Å². The number of thioether (sulfide) groups is 1. The number of hydrazone groups is 1. The average molecular weight is 482 g/mol. The van der Waals surface area contributed by atoms with Crippen LogP contribution in [-0.2, 0) is 4.79 Å². The molecule has 1 N–H and O–H groups in total. The third kappa shape index (κ3) is 5.45. The number of nitrogens with zero attached hydrogens (tertiary/aromatic N) is 4. The Morgan fingerprint density at radius 2 is 1.84 bits per heavy atom. The van der Waals surface area contributed by atoms with Gasteiger partial charge in [0.2, 0.25) is 0 Å². The number of benzene rings is 2. The first kappa shape index (κ1) is 22.3. The summed E-state index contributed by atoms with van der Waals surface area (Å²) in [4.78, 5) is 14.5. The average Bonchev–Trinajstić information content (AvgIpc) is 3.39. The molecule has 2 aromatic heterocycles. The van der Waals surface area contributed by atoms with Gasteiger partial charge in [-0.1, -0.05) is 41.1 Å². The van der Waals surface area contributed by atoms with E-state index in [0.29, 0.717) is 16.0 Å². The van der Waals surface area contributed by atoms with E-state index in [1.54, 1.807) is 17.6 Å². The molecule has 0 fully saturated rings. The van der Waals surface area contributed by atoms with Crippen molar-refractivity contribution in [3.63, 3.8) is 0 Å². The molecule has 9 heteroatoms. The number of amides is 1. The predicted octanol–water partition coefficient (Wildman–Crippen LogP) is 5.51. The molecule has 0 atom stereocenters. The van der Waals surface area contributed by atoms with Crippen molar-refractivity contribution in [3.05, 3.63) is 81.0 Å². The lowest BCUT2D eigenvalue weighted by atomic mass is 10.2. The van der Waals surface area contributed by atoms with E-state index in [1.807, 2.05) is 79.1 Å². The van der Waals surface area contributed by atoms with Gasteiger partial charge in [0.1, 0.15) is 0 Å². The van der Waals surface area contributed by atoms with E-state index in [4.69, 9.17) is 11.6 Å². The largest absolute Gasteiger partial charge is 0.272 e. The van der Waals surface area contributed by atoms with Crippen LogP contribution in [0.25, 0.3) is 17.1 Å².